The zero-order valence-corrected chi connectivity index (χ0v) is 15.0. The van der Waals surface area contributed by atoms with Gasteiger partial charge in [-0.2, -0.15) is 0 Å². The average molecular weight is 281 g/mol. The van der Waals surface area contributed by atoms with E-state index in [0.29, 0.717) is 0 Å². The van der Waals surface area contributed by atoms with Crippen LogP contribution in [0, 0.1) is 29.6 Å². The molecule has 0 heterocycles. The molecule has 0 radical (unpaired) electrons. The summed E-state index contributed by atoms with van der Waals surface area (Å²) in [5.74, 6) is 5.12. The second-order valence-electron chi connectivity index (χ2n) is 7.47. The van der Waals surface area contributed by atoms with Crippen molar-refractivity contribution in [3.05, 3.63) is 0 Å². The smallest absolute Gasteiger partial charge is 0.0357 e. The zero-order chi connectivity index (χ0) is 15.0. The van der Waals surface area contributed by atoms with Gasteiger partial charge in [-0.1, -0.05) is 92.4 Å². The highest BCUT2D eigenvalue weighted by molar-refractivity contribution is 4.90. The van der Waals surface area contributed by atoms with Crippen molar-refractivity contribution in [2.24, 2.45) is 29.6 Å². The summed E-state index contributed by atoms with van der Waals surface area (Å²) in [5, 5.41) is 0. The van der Waals surface area contributed by atoms with Crippen molar-refractivity contribution in [3.63, 3.8) is 0 Å². The predicted octanol–water partition coefficient (Wildman–Crippen LogP) is 7.08. The molecule has 1 rings (SSSR count). The summed E-state index contributed by atoms with van der Waals surface area (Å²) < 4.78 is 0. The Morgan fingerprint density at radius 2 is 1.15 bits per heavy atom. The summed E-state index contributed by atoms with van der Waals surface area (Å²) in [6, 6.07) is 0. The summed E-state index contributed by atoms with van der Waals surface area (Å²) in [6.45, 7) is 12.0. The topological polar surface area (TPSA) is 0 Å². The summed E-state index contributed by atoms with van der Waals surface area (Å²) in [5.41, 5.74) is 0. The molecule has 0 aromatic heterocycles. The Kier molecular flexibility index (Phi) is 8.89. The van der Waals surface area contributed by atoms with E-state index in [1.165, 1.54) is 64.2 Å². The highest BCUT2D eigenvalue weighted by Gasteiger charge is 2.41. The Balaban J connectivity index is 1.95. The fraction of sp³-hybridized carbons (Fsp3) is 1.00. The van der Waals surface area contributed by atoms with Gasteiger partial charge in [0.2, 0.25) is 0 Å². The van der Waals surface area contributed by atoms with Crippen molar-refractivity contribution in [1.82, 2.24) is 0 Å². The monoisotopic (exact) mass is 280 g/mol. The number of hydrogen-bond donors (Lipinski definition) is 0. The second kappa shape index (κ2) is 9.85. The minimum Gasteiger partial charge on any atom is -0.0651 e. The van der Waals surface area contributed by atoms with Crippen molar-refractivity contribution < 1.29 is 0 Å². The highest BCUT2D eigenvalue weighted by atomic mass is 14.5. The van der Waals surface area contributed by atoms with Crippen LogP contribution >= 0.6 is 0 Å². The van der Waals surface area contributed by atoms with Gasteiger partial charge in [-0.15, -0.1) is 0 Å². The summed E-state index contributed by atoms with van der Waals surface area (Å²) >= 11 is 0. The number of rotatable bonds is 12. The zero-order valence-electron chi connectivity index (χ0n) is 15.0. The molecule has 1 aliphatic carbocycles. The lowest BCUT2D eigenvalue weighted by atomic mass is 9.82. The molecule has 0 heteroatoms. The largest absolute Gasteiger partial charge is 0.0651 e. The first kappa shape index (κ1) is 18.1. The molecule has 1 aliphatic rings. The van der Waals surface area contributed by atoms with Gasteiger partial charge in [0.05, 0.1) is 0 Å². The van der Waals surface area contributed by atoms with Crippen molar-refractivity contribution in [3.8, 4) is 0 Å². The Morgan fingerprint density at radius 3 is 1.65 bits per heavy atom. The van der Waals surface area contributed by atoms with E-state index in [2.05, 4.69) is 34.6 Å². The minimum atomic E-state index is 0.984. The van der Waals surface area contributed by atoms with Crippen LogP contribution in [0.4, 0.5) is 0 Å². The molecular weight excluding hydrogens is 240 g/mol. The third-order valence-electron chi connectivity index (χ3n) is 6.39. The Bertz CT molecular complexity index is 220. The third kappa shape index (κ3) is 5.78. The first-order valence-corrected chi connectivity index (χ1v) is 9.65. The molecule has 3 atom stereocenters. The van der Waals surface area contributed by atoms with Crippen LogP contribution in [-0.4, -0.2) is 0 Å². The predicted molar refractivity (Wildman–Crippen MR) is 92.0 cm³/mol. The molecule has 0 amide bonds. The number of hydrogen-bond acceptors (Lipinski definition) is 0. The van der Waals surface area contributed by atoms with Crippen LogP contribution < -0.4 is 0 Å². The van der Waals surface area contributed by atoms with E-state index in [1.807, 2.05) is 0 Å². The molecule has 0 spiro atoms. The summed E-state index contributed by atoms with van der Waals surface area (Å²) in [4.78, 5) is 0. The van der Waals surface area contributed by atoms with E-state index >= 15 is 0 Å². The van der Waals surface area contributed by atoms with E-state index in [9.17, 15) is 0 Å². The number of unbranched alkanes of at least 4 members (excludes halogenated alkanes) is 4. The normalized spacial score (nSPS) is 27.0. The molecule has 0 nitrogen and oxygen atoms in total. The molecule has 0 saturated heterocycles. The van der Waals surface area contributed by atoms with E-state index in [4.69, 9.17) is 0 Å². The first-order valence-electron chi connectivity index (χ1n) is 9.65. The van der Waals surface area contributed by atoms with Crippen LogP contribution in [0.1, 0.15) is 98.8 Å². The second-order valence-corrected chi connectivity index (χ2v) is 7.47. The Hall–Kier alpha value is 0. The minimum absolute atomic E-state index is 0.984. The van der Waals surface area contributed by atoms with Gasteiger partial charge >= 0.3 is 0 Å². The molecule has 0 N–H and O–H groups in total. The summed E-state index contributed by atoms with van der Waals surface area (Å²) in [7, 11) is 0. The van der Waals surface area contributed by atoms with E-state index in [1.54, 1.807) is 0 Å². The lowest BCUT2D eigenvalue weighted by Crippen LogP contribution is -2.12. The molecule has 1 saturated carbocycles. The molecule has 3 unspecified atom stereocenters. The standard InChI is InChI=1S/C20H40/c1-6-18(7-2)19(8-3)14-12-10-9-11-13-15-20-16(4)17(20)5/h16-20H,6-15H2,1-5H3. The maximum absolute atomic E-state index is 2.43. The van der Waals surface area contributed by atoms with E-state index in [-0.39, 0.29) is 0 Å². The molecule has 20 heavy (non-hydrogen) atoms. The van der Waals surface area contributed by atoms with Crippen molar-refractivity contribution >= 4 is 0 Å². The maximum atomic E-state index is 2.43. The van der Waals surface area contributed by atoms with Crippen LogP contribution in [0.15, 0.2) is 0 Å². The van der Waals surface area contributed by atoms with Crippen LogP contribution in [-0.2, 0) is 0 Å². The van der Waals surface area contributed by atoms with E-state index < -0.39 is 0 Å². The molecule has 0 aromatic rings. The first-order chi connectivity index (χ1) is 9.65. The third-order valence-corrected chi connectivity index (χ3v) is 6.39. The fourth-order valence-electron chi connectivity index (χ4n) is 4.34. The van der Waals surface area contributed by atoms with E-state index in [0.717, 1.165) is 29.6 Å². The van der Waals surface area contributed by atoms with Crippen molar-refractivity contribution in [1.29, 1.82) is 0 Å². The Morgan fingerprint density at radius 1 is 0.650 bits per heavy atom. The summed E-state index contributed by atoms with van der Waals surface area (Å²) in [6.07, 6.45) is 14.6. The Labute approximate surface area is 129 Å². The SMILES string of the molecule is CCC(CC)C(CC)CCCCCCCC1C(C)C1C. The quantitative estimate of drug-likeness (QED) is 0.335. The van der Waals surface area contributed by atoms with Gasteiger partial charge in [0, 0.05) is 0 Å². The fourth-order valence-corrected chi connectivity index (χ4v) is 4.34. The van der Waals surface area contributed by atoms with Crippen molar-refractivity contribution in [2.45, 2.75) is 98.8 Å². The lowest BCUT2D eigenvalue weighted by Gasteiger charge is -2.24. The van der Waals surface area contributed by atoms with Gasteiger partial charge < -0.3 is 0 Å². The van der Waals surface area contributed by atoms with Crippen LogP contribution in [0.2, 0.25) is 0 Å². The average Bonchev–Trinajstić information content (AvgIpc) is 3.03. The molecule has 1 fully saturated rings. The van der Waals surface area contributed by atoms with Gasteiger partial charge in [0.15, 0.2) is 0 Å². The molecule has 120 valence electrons. The van der Waals surface area contributed by atoms with Crippen molar-refractivity contribution in [2.75, 3.05) is 0 Å². The lowest BCUT2D eigenvalue weighted by molar-refractivity contribution is 0.278. The van der Waals surface area contributed by atoms with Crippen LogP contribution in [0.25, 0.3) is 0 Å². The van der Waals surface area contributed by atoms with Crippen LogP contribution in [0.5, 0.6) is 0 Å². The molecule has 0 bridgehead atoms. The molecular formula is C20H40. The molecule has 0 aliphatic heterocycles. The molecule has 0 aromatic carbocycles. The van der Waals surface area contributed by atoms with Crippen LogP contribution in [0.3, 0.4) is 0 Å². The highest BCUT2D eigenvalue weighted by Crippen LogP contribution is 2.48. The van der Waals surface area contributed by atoms with Gasteiger partial charge in [-0.05, 0) is 36.0 Å². The van der Waals surface area contributed by atoms with Gasteiger partial charge in [0.1, 0.15) is 0 Å². The maximum Gasteiger partial charge on any atom is -0.0357 e. The van der Waals surface area contributed by atoms with Gasteiger partial charge in [0.25, 0.3) is 0 Å². The van der Waals surface area contributed by atoms with Gasteiger partial charge in [-0.25, -0.2) is 0 Å². The van der Waals surface area contributed by atoms with Gasteiger partial charge in [-0.3, -0.25) is 0 Å².